The fourth-order valence-corrected chi connectivity index (χ4v) is 3.39. The van der Waals surface area contributed by atoms with Gasteiger partial charge in [0.15, 0.2) is 0 Å². The first kappa shape index (κ1) is 22.9. The molecule has 24 heavy (non-hydrogen) atoms. The second-order valence-electron chi connectivity index (χ2n) is 6.83. The first-order valence-corrected chi connectivity index (χ1v) is 12.4. The van der Waals surface area contributed by atoms with E-state index in [0.717, 1.165) is 39.3 Å². The summed E-state index contributed by atoms with van der Waals surface area (Å²) in [6.07, 6.45) is 5.38. The van der Waals surface area contributed by atoms with Crippen LogP contribution in [-0.4, -0.2) is 63.4 Å². The average molecular weight is 423 g/mol. The van der Waals surface area contributed by atoms with Crippen LogP contribution in [-0.2, 0) is 13.1 Å². The van der Waals surface area contributed by atoms with Crippen LogP contribution in [0, 0.1) is 0 Å². The van der Waals surface area contributed by atoms with Crippen molar-refractivity contribution in [3.63, 3.8) is 0 Å². The molecule has 1 aliphatic heterocycles. The van der Waals surface area contributed by atoms with E-state index in [2.05, 4.69) is 40.4 Å². The summed E-state index contributed by atoms with van der Waals surface area (Å²) < 4.78 is 0. The summed E-state index contributed by atoms with van der Waals surface area (Å²) in [6, 6.07) is 2.36. The third kappa shape index (κ3) is 10.8. The van der Waals surface area contributed by atoms with Crippen LogP contribution in [0.15, 0.2) is 0 Å². The minimum atomic E-state index is 0.00694. The van der Waals surface area contributed by atoms with E-state index in [0.29, 0.717) is 24.2 Å². The zero-order valence-electron chi connectivity index (χ0n) is 15.0. The van der Waals surface area contributed by atoms with Gasteiger partial charge in [-0.3, -0.25) is 0 Å². The summed E-state index contributed by atoms with van der Waals surface area (Å²) >= 11 is 0.00694. The second-order valence-corrected chi connectivity index (χ2v) is 8.78. The molecule has 0 aromatic rings. The maximum absolute atomic E-state index is 4.80. The fourth-order valence-electron chi connectivity index (χ4n) is 3.39. The van der Waals surface area contributed by atoms with Gasteiger partial charge in [0.05, 0.1) is 0 Å². The first-order valence-electron chi connectivity index (χ1n) is 9.18. The Labute approximate surface area is 162 Å². The third-order valence-electron chi connectivity index (χ3n) is 4.72. The Morgan fingerprint density at radius 3 is 1.88 bits per heavy atom. The zero-order chi connectivity index (χ0) is 17.6. The molecular formula is C16H35Cl2MnN5. The summed E-state index contributed by atoms with van der Waals surface area (Å²) in [5, 5.41) is 18.2. The summed E-state index contributed by atoms with van der Waals surface area (Å²) in [5.74, 6) is 0. The van der Waals surface area contributed by atoms with E-state index < -0.39 is 0 Å². The van der Waals surface area contributed by atoms with Crippen LogP contribution in [0.25, 0.3) is 0 Å². The van der Waals surface area contributed by atoms with Gasteiger partial charge in [-0.1, -0.05) is 12.8 Å². The van der Waals surface area contributed by atoms with Crippen LogP contribution in [0.1, 0.15) is 39.5 Å². The Kier molecular flexibility index (Phi) is 14.3. The van der Waals surface area contributed by atoms with Crippen molar-refractivity contribution < 1.29 is 13.1 Å². The van der Waals surface area contributed by atoms with Gasteiger partial charge in [0.1, 0.15) is 0 Å². The number of hydrogen-bond donors (Lipinski definition) is 5. The number of hydrogen-bond acceptors (Lipinski definition) is 5. The van der Waals surface area contributed by atoms with Crippen molar-refractivity contribution in [1.29, 1.82) is 0 Å². The quantitative estimate of drug-likeness (QED) is 0.382. The van der Waals surface area contributed by atoms with E-state index >= 15 is 0 Å². The predicted octanol–water partition coefficient (Wildman–Crippen LogP) is 1.41. The third-order valence-corrected chi connectivity index (χ3v) is 4.72. The van der Waals surface area contributed by atoms with Crippen LogP contribution in [0.4, 0.5) is 0 Å². The Hall–Kier alpha value is 0.899. The van der Waals surface area contributed by atoms with Gasteiger partial charge in [-0.15, -0.1) is 0 Å². The summed E-state index contributed by atoms with van der Waals surface area (Å²) in [4.78, 5) is 0. The average Bonchev–Trinajstić information content (AvgIpc) is 2.58. The van der Waals surface area contributed by atoms with Crippen LogP contribution < -0.4 is 26.6 Å². The summed E-state index contributed by atoms with van der Waals surface area (Å²) in [7, 11) is 9.59. The van der Waals surface area contributed by atoms with Crippen LogP contribution >= 0.6 is 20.2 Å². The van der Waals surface area contributed by atoms with Crippen LogP contribution in [0.2, 0.25) is 0 Å². The number of fused-ring (bicyclic) bond motifs is 1. The molecule has 145 valence electrons. The maximum atomic E-state index is 4.80. The van der Waals surface area contributed by atoms with Gasteiger partial charge in [-0.25, -0.2) is 0 Å². The molecular weight excluding hydrogens is 388 g/mol. The molecule has 1 aliphatic carbocycles. The van der Waals surface area contributed by atoms with Crippen molar-refractivity contribution >= 4 is 20.2 Å². The van der Waals surface area contributed by atoms with Crippen molar-refractivity contribution in [3.8, 4) is 0 Å². The van der Waals surface area contributed by atoms with Crippen molar-refractivity contribution in [2.24, 2.45) is 0 Å². The van der Waals surface area contributed by atoms with Gasteiger partial charge in [0, 0.05) is 63.4 Å². The number of nitrogens with one attached hydrogen (secondary N) is 5. The molecule has 0 spiro atoms. The zero-order valence-corrected chi connectivity index (χ0v) is 17.7. The summed E-state index contributed by atoms with van der Waals surface area (Å²) in [6.45, 7) is 10.9. The standard InChI is InChI=1S/C16H35N5.2ClH.Mn/c1-13-11-17-7-8-18-14(2)12-21-16-6-4-3-5-15(16)20-10-9-19-13;;;/h13-21H,3-12H2,1-2H3;2*1H;/q;;;+2/p-2/t13-,14+,15-,16-;;;/m1.../s1. The predicted molar refractivity (Wildman–Crippen MR) is 102 cm³/mol. The minimum absolute atomic E-state index is 0.00694. The van der Waals surface area contributed by atoms with E-state index in [1.807, 2.05) is 0 Å². The monoisotopic (exact) mass is 422 g/mol. The van der Waals surface area contributed by atoms with Gasteiger partial charge in [-0.2, -0.15) is 0 Å². The SMILES string of the molecule is C[C@@H]1CNCCN[C@@H](C)CN[C@@H]2CCCC[C@H]2NCCN1.[Cl][Mn][Cl]. The topological polar surface area (TPSA) is 60.1 Å². The Balaban J connectivity index is 0.000000891. The number of halogens is 2. The molecule has 1 saturated carbocycles. The van der Waals surface area contributed by atoms with E-state index in [1.54, 1.807) is 0 Å². The van der Waals surface area contributed by atoms with Crippen molar-refractivity contribution in [2.45, 2.75) is 63.7 Å². The normalized spacial score (nSPS) is 34.0. The molecule has 2 aliphatic rings. The van der Waals surface area contributed by atoms with Gasteiger partial charge in [0.2, 0.25) is 0 Å². The molecule has 0 bridgehead atoms. The van der Waals surface area contributed by atoms with Crippen LogP contribution in [0.3, 0.4) is 0 Å². The molecule has 5 N–H and O–H groups in total. The van der Waals surface area contributed by atoms with Gasteiger partial charge in [0.25, 0.3) is 0 Å². The number of rotatable bonds is 0. The molecule has 0 amide bonds. The molecule has 4 atom stereocenters. The molecule has 1 saturated heterocycles. The van der Waals surface area contributed by atoms with E-state index in [1.165, 1.54) is 25.7 Å². The molecule has 1 heterocycles. The Morgan fingerprint density at radius 1 is 0.708 bits per heavy atom. The summed E-state index contributed by atoms with van der Waals surface area (Å²) in [5.41, 5.74) is 0. The first-order chi connectivity index (χ1) is 11.7. The van der Waals surface area contributed by atoms with Crippen LogP contribution in [0.5, 0.6) is 0 Å². The molecule has 2 fully saturated rings. The van der Waals surface area contributed by atoms with Gasteiger partial charge in [-0.05, 0) is 26.7 Å². The molecule has 0 aromatic carbocycles. The van der Waals surface area contributed by atoms with Crippen molar-refractivity contribution in [3.05, 3.63) is 0 Å². The Bertz CT molecular complexity index is 302. The van der Waals surface area contributed by atoms with Gasteiger partial charge < -0.3 is 26.6 Å². The van der Waals surface area contributed by atoms with E-state index in [-0.39, 0.29) is 13.1 Å². The van der Waals surface area contributed by atoms with E-state index in [4.69, 9.17) is 20.2 Å². The fraction of sp³-hybridized carbons (Fsp3) is 1.00. The molecule has 0 radical (unpaired) electrons. The molecule has 5 nitrogen and oxygen atoms in total. The molecule has 0 aromatic heterocycles. The molecule has 0 unspecified atom stereocenters. The molecule has 8 heteroatoms. The van der Waals surface area contributed by atoms with E-state index in [9.17, 15) is 0 Å². The van der Waals surface area contributed by atoms with Crippen molar-refractivity contribution in [2.75, 3.05) is 39.3 Å². The Morgan fingerprint density at radius 2 is 1.21 bits per heavy atom. The van der Waals surface area contributed by atoms with Gasteiger partial charge >= 0.3 is 33.3 Å². The molecule has 2 rings (SSSR count). The second kappa shape index (κ2) is 15.0. The van der Waals surface area contributed by atoms with Crippen molar-refractivity contribution in [1.82, 2.24) is 26.6 Å².